The Balaban J connectivity index is 1.25. The van der Waals surface area contributed by atoms with Crippen molar-refractivity contribution < 1.29 is 61.9 Å². The van der Waals surface area contributed by atoms with E-state index >= 15 is 14.4 Å². The summed E-state index contributed by atoms with van der Waals surface area (Å²) in [6, 6.07) is -4.70. The van der Waals surface area contributed by atoms with Crippen LogP contribution >= 0.6 is 0 Å². The summed E-state index contributed by atoms with van der Waals surface area (Å²) >= 11 is 0. The Hall–Kier alpha value is -7.21. The number of rotatable bonds is 9. The van der Waals surface area contributed by atoms with Crippen LogP contribution in [0.1, 0.15) is 169 Å². The van der Waals surface area contributed by atoms with Crippen LogP contribution in [0.4, 0.5) is 4.39 Å². The molecule has 2 aliphatic carbocycles. The zero-order valence-electron chi connectivity index (χ0n) is 57.2. The molecule has 2 saturated carbocycles. The summed E-state index contributed by atoms with van der Waals surface area (Å²) in [6.07, 6.45) is 9.75. The van der Waals surface area contributed by atoms with Crippen LogP contribution in [-0.4, -0.2) is 250 Å². The van der Waals surface area contributed by atoms with E-state index in [0.29, 0.717) is 63.6 Å². The largest absolute Gasteiger partial charge is 0.343 e. The summed E-state index contributed by atoms with van der Waals surface area (Å²) in [7, 11) is 8.72. The van der Waals surface area contributed by atoms with Crippen LogP contribution in [0.2, 0.25) is 0 Å². The predicted molar refractivity (Wildman–Crippen MR) is 345 cm³/mol. The summed E-state index contributed by atoms with van der Waals surface area (Å²) in [5.41, 5.74) is -0.835. The number of likely N-dealkylation sites (N-methyl/N-ethyl adjacent to an activating group) is 6. The monoisotopic (exact) mass is 1300 g/mol. The van der Waals surface area contributed by atoms with E-state index in [1.807, 2.05) is 6.92 Å². The molecule has 3 N–H and O–H groups in total. The molecule has 1 spiro atoms. The quantitative estimate of drug-likeness (QED) is 0.321. The van der Waals surface area contributed by atoms with Gasteiger partial charge in [0.2, 0.25) is 70.9 Å². The lowest BCUT2D eigenvalue weighted by Crippen LogP contribution is -2.65. The third kappa shape index (κ3) is 17.0. The van der Waals surface area contributed by atoms with Gasteiger partial charge in [-0.3, -0.25) is 57.5 Å². The van der Waals surface area contributed by atoms with E-state index in [2.05, 4.69) is 16.0 Å². The van der Waals surface area contributed by atoms with Crippen LogP contribution in [0, 0.1) is 23.6 Å². The molecule has 93 heavy (non-hydrogen) atoms. The molecular weight excluding hydrogens is 1200 g/mol. The van der Waals surface area contributed by atoms with E-state index in [1.54, 1.807) is 37.8 Å². The molecule has 0 aromatic heterocycles. The van der Waals surface area contributed by atoms with Crippen LogP contribution in [-0.2, 0) is 64.0 Å². The number of likely N-dealkylation sites (tertiary alicyclic amines) is 1. The van der Waals surface area contributed by atoms with E-state index in [9.17, 15) is 47.5 Å². The van der Waals surface area contributed by atoms with Crippen LogP contribution < -0.4 is 16.0 Å². The normalized spacial score (nSPS) is 28.7. The molecule has 1 aromatic rings. The molecule has 516 valence electrons. The van der Waals surface area contributed by atoms with E-state index in [1.165, 1.54) is 107 Å². The number of carbonyl (C=O) groups is 12. The number of nitrogens with zero attached hydrogens (tertiary/aromatic N) is 9. The number of benzene rings is 1. The fourth-order valence-corrected chi connectivity index (χ4v) is 14.6. The molecule has 4 aliphatic heterocycles. The van der Waals surface area contributed by atoms with Crippen LogP contribution in [0.5, 0.6) is 0 Å². The zero-order valence-corrected chi connectivity index (χ0v) is 57.2. The molecule has 6 aliphatic rings. The first-order valence-corrected chi connectivity index (χ1v) is 34.2. The number of amides is 12. The van der Waals surface area contributed by atoms with Crippen molar-refractivity contribution in [1.29, 1.82) is 0 Å². The Morgan fingerprint density at radius 1 is 0.602 bits per heavy atom. The summed E-state index contributed by atoms with van der Waals surface area (Å²) < 4.78 is 14.1. The molecule has 0 radical (unpaired) electrons. The number of carbonyl (C=O) groups excluding carboxylic acids is 12. The highest BCUT2D eigenvalue weighted by Crippen LogP contribution is 2.35. The van der Waals surface area contributed by atoms with Gasteiger partial charge in [0.25, 0.3) is 0 Å². The average molecular weight is 1300 g/mol. The summed E-state index contributed by atoms with van der Waals surface area (Å²) in [4.78, 5) is 189. The minimum Gasteiger partial charge on any atom is -0.343 e. The smallest absolute Gasteiger partial charge is 0.248 e. The number of fused-ring (bicyclic) bond motifs is 2. The Morgan fingerprint density at radius 2 is 1.23 bits per heavy atom. The topological polar surface area (TPSA) is 270 Å². The predicted octanol–water partition coefficient (Wildman–Crippen LogP) is 3.47. The van der Waals surface area contributed by atoms with Crippen LogP contribution in [0.15, 0.2) is 24.3 Å². The highest BCUT2D eigenvalue weighted by molar-refractivity contribution is 6.01. The first-order chi connectivity index (χ1) is 44.0. The Morgan fingerprint density at radius 3 is 1.83 bits per heavy atom. The lowest BCUT2D eigenvalue weighted by atomic mass is 9.84. The lowest BCUT2D eigenvalue weighted by Gasteiger charge is -2.45. The van der Waals surface area contributed by atoms with E-state index in [0.717, 1.165) is 38.5 Å². The molecule has 10 atom stereocenters. The second-order valence-electron chi connectivity index (χ2n) is 27.8. The van der Waals surface area contributed by atoms with Crippen molar-refractivity contribution in [2.45, 2.75) is 230 Å². The highest BCUT2D eigenvalue weighted by atomic mass is 19.1. The number of halogens is 1. The molecule has 4 saturated heterocycles. The number of hydrogen-bond donors (Lipinski definition) is 3. The minimum atomic E-state index is -1.51. The van der Waals surface area contributed by atoms with Gasteiger partial charge in [0.15, 0.2) is 0 Å². The summed E-state index contributed by atoms with van der Waals surface area (Å²) in [5, 5.41) is 8.79. The average Bonchev–Trinajstić information content (AvgIpc) is 1.77. The lowest BCUT2D eigenvalue weighted by molar-refractivity contribution is -0.160. The van der Waals surface area contributed by atoms with Crippen LogP contribution in [0.25, 0.3) is 0 Å². The molecule has 6 fully saturated rings. The van der Waals surface area contributed by atoms with Gasteiger partial charge >= 0.3 is 0 Å². The van der Waals surface area contributed by atoms with Crippen molar-refractivity contribution >= 4 is 70.9 Å². The second-order valence-corrected chi connectivity index (χ2v) is 27.8. The van der Waals surface area contributed by atoms with E-state index in [4.69, 9.17) is 0 Å². The maximum atomic E-state index is 15.3. The minimum absolute atomic E-state index is 0.0230. The maximum absolute atomic E-state index is 15.3. The van der Waals surface area contributed by atoms with Crippen molar-refractivity contribution in [2.24, 2.45) is 17.8 Å². The first-order valence-electron chi connectivity index (χ1n) is 34.2. The number of aryl methyl sites for hydroxylation is 1. The molecular formula is C68H105FN12O12. The van der Waals surface area contributed by atoms with E-state index in [-0.39, 0.29) is 57.5 Å². The molecule has 1 aromatic carbocycles. The Kier molecular flexibility index (Phi) is 25.4. The van der Waals surface area contributed by atoms with Crippen molar-refractivity contribution in [3.8, 4) is 0 Å². The molecule has 7 rings (SSSR count). The molecule has 25 heteroatoms. The Labute approximate surface area is 549 Å². The number of nitrogens with one attached hydrogen (secondary N) is 3. The van der Waals surface area contributed by atoms with Crippen molar-refractivity contribution in [2.75, 3.05) is 75.0 Å². The second kappa shape index (κ2) is 32.3. The van der Waals surface area contributed by atoms with Gasteiger partial charge in [0.05, 0.1) is 13.0 Å². The molecule has 12 amide bonds. The van der Waals surface area contributed by atoms with Crippen molar-refractivity contribution in [3.05, 3.63) is 35.6 Å². The maximum Gasteiger partial charge on any atom is 0.248 e. The molecule has 4 heterocycles. The van der Waals surface area contributed by atoms with Crippen molar-refractivity contribution in [3.63, 3.8) is 0 Å². The SMILES string of the molecule is CC[C@H](C)[C@@H]1NC(=O)[C@H](C)N(C)C(=O)C[C@@H](C(=O)N2CCCCC2)N(C)C(=O)[C@H](C(C)C)N(C)C(=O)C2(CCCC2)NC(=O)[C@@H]2CCCN2C(=O)[C@H](CCc2ccc(F)cc2)NC(=O)CN(C)C(=O)[C@H](CC2CCCCC2)N(C)C(=O)[C@@H]2CCN2C(=O)[C@H](C)N(C)C1=O. The fraction of sp³-hybridized carbons (Fsp3) is 0.735. The molecule has 0 unspecified atom stereocenters. The number of hydrogen-bond acceptors (Lipinski definition) is 12. The standard InChI is InChI=1S/C68H105FN12O12/c1-13-43(4)56-65(91)75(9)45(6)60(86)81-38-32-51(81)63(89)76(10)52(39-47-23-16-14-17-24-47)62(88)73(7)41-54(82)70-49(31-28-46-26-29-48(69)30-27-46)61(87)80-37-22-25-50(80)59(85)72-68(33-18-19-34-68)67(93)78(12)57(42(2)3)66(92)77(11)53(64(90)79-35-20-15-21-36-79)40-55(83)74(8)44(5)58(84)71-56/h26-27,29-30,42-45,47,49-53,56-57H,13-25,28,31-41H2,1-12H3,(H,70,82)(H,71,84)(H,72,85)/t43-,44-,45-,49-,50-,51-,52-,53-,56-,57-/m0/s1. The van der Waals surface area contributed by atoms with Crippen molar-refractivity contribution in [1.82, 2.24) is 60.0 Å². The third-order valence-corrected chi connectivity index (χ3v) is 21.2. The van der Waals surface area contributed by atoms with Crippen LogP contribution in [0.3, 0.4) is 0 Å². The van der Waals surface area contributed by atoms with Gasteiger partial charge in [-0.05, 0) is 120 Å². The van der Waals surface area contributed by atoms with Gasteiger partial charge in [0, 0.05) is 68.5 Å². The van der Waals surface area contributed by atoms with Gasteiger partial charge in [-0.25, -0.2) is 4.39 Å². The fourth-order valence-electron chi connectivity index (χ4n) is 14.6. The van der Waals surface area contributed by atoms with Gasteiger partial charge in [-0.1, -0.05) is 91.2 Å². The summed E-state index contributed by atoms with van der Waals surface area (Å²) in [5.74, 6) is -8.46. The third-order valence-electron chi connectivity index (χ3n) is 21.2. The van der Waals surface area contributed by atoms with Gasteiger partial charge in [0.1, 0.15) is 65.7 Å². The van der Waals surface area contributed by atoms with Gasteiger partial charge < -0.3 is 60.0 Å². The summed E-state index contributed by atoms with van der Waals surface area (Å²) in [6.45, 7) is 10.7. The van der Waals surface area contributed by atoms with Gasteiger partial charge in [-0.2, -0.15) is 0 Å². The molecule has 0 bridgehead atoms. The Bertz CT molecular complexity index is 2890. The zero-order chi connectivity index (χ0) is 68.3. The van der Waals surface area contributed by atoms with Gasteiger partial charge in [-0.15, -0.1) is 0 Å². The highest BCUT2D eigenvalue weighted by Gasteiger charge is 2.51. The van der Waals surface area contributed by atoms with E-state index < -0.39 is 161 Å². The molecule has 24 nitrogen and oxygen atoms in total. The first kappa shape index (κ1) is 73.2. The number of piperidine rings is 1.